The van der Waals surface area contributed by atoms with Gasteiger partial charge >= 0.3 is 0 Å². The maximum absolute atomic E-state index is 12.8. The van der Waals surface area contributed by atoms with Crippen LogP contribution in [-0.4, -0.2) is 70.5 Å². The Bertz CT molecular complexity index is 1080. The summed E-state index contributed by atoms with van der Waals surface area (Å²) in [4.78, 5) is 26.9. The number of carbonyl (C=O) groups is 1. The van der Waals surface area contributed by atoms with Gasteiger partial charge in [0, 0.05) is 25.8 Å². The van der Waals surface area contributed by atoms with E-state index in [0.29, 0.717) is 13.0 Å². The Morgan fingerprint density at radius 3 is 2.85 bits per heavy atom. The lowest BCUT2D eigenvalue weighted by molar-refractivity contribution is -0.132. The van der Waals surface area contributed by atoms with Crippen molar-refractivity contribution in [2.45, 2.75) is 45.1 Å². The largest absolute Gasteiger partial charge is 0.495 e. The molecule has 0 N–H and O–H groups in total. The molecule has 1 aromatic heterocycles. The summed E-state index contributed by atoms with van der Waals surface area (Å²) in [5.74, 6) is 1.87. The Morgan fingerprint density at radius 1 is 1.24 bits per heavy atom. The van der Waals surface area contributed by atoms with Crippen LogP contribution in [0.1, 0.15) is 43.4 Å². The van der Waals surface area contributed by atoms with Gasteiger partial charge in [0.15, 0.2) is 5.84 Å². The van der Waals surface area contributed by atoms with Crippen LogP contribution in [0.2, 0.25) is 0 Å². The normalized spacial score (nSPS) is 21.6. The molecular formula is C25H31N5O3. The van der Waals surface area contributed by atoms with Gasteiger partial charge in [-0.1, -0.05) is 11.2 Å². The molecule has 0 bridgehead atoms. The molecule has 33 heavy (non-hydrogen) atoms. The number of rotatable bonds is 5. The second-order valence-electron chi connectivity index (χ2n) is 8.98. The third-order valence-corrected chi connectivity index (χ3v) is 6.67. The van der Waals surface area contributed by atoms with Crippen molar-refractivity contribution in [1.82, 2.24) is 19.4 Å². The van der Waals surface area contributed by atoms with E-state index in [1.54, 1.807) is 13.4 Å². The van der Waals surface area contributed by atoms with Crippen LogP contribution in [0.4, 0.5) is 0 Å². The fourth-order valence-electron chi connectivity index (χ4n) is 4.94. The van der Waals surface area contributed by atoms with Gasteiger partial charge in [0.2, 0.25) is 5.91 Å². The van der Waals surface area contributed by atoms with Crippen molar-refractivity contribution in [2.75, 3.05) is 33.4 Å². The van der Waals surface area contributed by atoms with Crippen LogP contribution in [0.25, 0.3) is 11.8 Å². The zero-order valence-corrected chi connectivity index (χ0v) is 19.4. The van der Waals surface area contributed by atoms with Crippen molar-refractivity contribution in [3.05, 3.63) is 47.6 Å². The number of nitrogens with zero attached hydrogens (tertiary/aromatic N) is 5. The Kier molecular flexibility index (Phi) is 6.07. The molecule has 2 aromatic rings. The Morgan fingerprint density at radius 2 is 2.09 bits per heavy atom. The van der Waals surface area contributed by atoms with Gasteiger partial charge < -0.3 is 23.9 Å². The van der Waals surface area contributed by atoms with Crippen LogP contribution >= 0.6 is 0 Å². The van der Waals surface area contributed by atoms with Crippen molar-refractivity contribution < 1.29 is 14.4 Å². The minimum Gasteiger partial charge on any atom is -0.495 e. The third kappa shape index (κ3) is 4.47. The van der Waals surface area contributed by atoms with Gasteiger partial charge in [0.1, 0.15) is 12.4 Å². The van der Waals surface area contributed by atoms with Gasteiger partial charge in [-0.25, -0.2) is 4.98 Å². The molecule has 0 spiro atoms. The lowest BCUT2D eigenvalue weighted by Gasteiger charge is -2.40. The van der Waals surface area contributed by atoms with E-state index in [0.717, 1.165) is 79.4 Å². The topological polar surface area (TPSA) is 72.2 Å². The van der Waals surface area contributed by atoms with Crippen LogP contribution in [-0.2, 0) is 9.63 Å². The summed E-state index contributed by atoms with van der Waals surface area (Å²) in [5, 5.41) is 4.40. The van der Waals surface area contributed by atoms with Gasteiger partial charge in [-0.05, 0) is 62.0 Å². The van der Waals surface area contributed by atoms with E-state index in [4.69, 9.17) is 9.57 Å². The molecule has 0 aliphatic carbocycles. The fourth-order valence-corrected chi connectivity index (χ4v) is 4.94. The van der Waals surface area contributed by atoms with E-state index < -0.39 is 0 Å². The van der Waals surface area contributed by atoms with Crippen LogP contribution in [0.5, 0.6) is 5.75 Å². The van der Waals surface area contributed by atoms with Crippen molar-refractivity contribution in [3.8, 4) is 11.4 Å². The lowest BCUT2D eigenvalue weighted by atomic mass is 9.97. The molecule has 4 heterocycles. The third-order valence-electron chi connectivity index (χ3n) is 6.67. The first-order chi connectivity index (χ1) is 16.1. The highest BCUT2D eigenvalue weighted by molar-refractivity contribution is 6.03. The maximum atomic E-state index is 12.8. The van der Waals surface area contributed by atoms with E-state index >= 15 is 0 Å². The molecule has 3 aliphatic heterocycles. The molecule has 3 aliphatic rings. The molecule has 2 fully saturated rings. The number of aromatic nitrogens is 2. The first-order valence-corrected chi connectivity index (χ1v) is 11.8. The average Bonchev–Trinajstić information content (AvgIpc) is 3.52. The van der Waals surface area contributed by atoms with E-state index in [2.05, 4.69) is 27.2 Å². The summed E-state index contributed by atoms with van der Waals surface area (Å²) >= 11 is 0. The van der Waals surface area contributed by atoms with Gasteiger partial charge in [-0.3, -0.25) is 4.79 Å². The average molecular weight is 450 g/mol. The molecule has 2 saturated heterocycles. The summed E-state index contributed by atoms with van der Waals surface area (Å²) in [6.07, 6.45) is 10.6. The number of imidazole rings is 1. The number of amidine groups is 1. The van der Waals surface area contributed by atoms with E-state index in [-0.39, 0.29) is 11.9 Å². The van der Waals surface area contributed by atoms with Gasteiger partial charge in [0.25, 0.3) is 0 Å². The van der Waals surface area contributed by atoms with Crippen molar-refractivity contribution in [1.29, 1.82) is 0 Å². The first-order valence-electron chi connectivity index (χ1n) is 11.8. The molecule has 0 unspecified atom stereocenters. The second-order valence-corrected chi connectivity index (χ2v) is 8.98. The highest BCUT2D eigenvalue weighted by Crippen LogP contribution is 2.30. The standard InChI is InChI=1S/C25H31N5O3/c1-18-15-29(17-26-18)22-8-7-19(13-23(22)32-2)12-20-6-5-11-30-21(16-33-27-25(20)30)14-24(31)28-9-3-4-10-28/h7-8,12-13,15,17,21H,3-6,9-11,14,16H2,1-2H3/b20-12+/t21-/m0/s1. The zero-order valence-electron chi connectivity index (χ0n) is 19.4. The Balaban J connectivity index is 1.36. The smallest absolute Gasteiger partial charge is 0.224 e. The lowest BCUT2D eigenvalue weighted by Crippen LogP contribution is -2.51. The summed E-state index contributed by atoms with van der Waals surface area (Å²) in [6.45, 7) is 5.10. The van der Waals surface area contributed by atoms with Crippen LogP contribution in [0.15, 0.2) is 41.5 Å². The van der Waals surface area contributed by atoms with E-state index in [1.165, 1.54) is 0 Å². The number of benzene rings is 1. The van der Waals surface area contributed by atoms with Crippen molar-refractivity contribution in [3.63, 3.8) is 0 Å². The predicted octanol–water partition coefficient (Wildman–Crippen LogP) is 3.39. The number of carbonyl (C=O) groups excluding carboxylic acids is 1. The van der Waals surface area contributed by atoms with Crippen LogP contribution in [0.3, 0.4) is 0 Å². The van der Waals surface area contributed by atoms with Crippen molar-refractivity contribution >= 4 is 17.8 Å². The monoisotopic (exact) mass is 449 g/mol. The number of piperidine rings is 1. The number of fused-ring (bicyclic) bond motifs is 1. The minimum atomic E-state index is 0.0377. The Hall–Kier alpha value is -3.29. The van der Waals surface area contributed by atoms with Crippen LogP contribution in [0, 0.1) is 6.92 Å². The molecule has 1 aromatic carbocycles. The molecule has 5 rings (SSSR count). The molecule has 174 valence electrons. The van der Waals surface area contributed by atoms with Gasteiger partial charge in [-0.2, -0.15) is 0 Å². The molecule has 0 radical (unpaired) electrons. The number of hydrogen-bond donors (Lipinski definition) is 0. The minimum absolute atomic E-state index is 0.0377. The highest BCUT2D eigenvalue weighted by atomic mass is 16.6. The number of likely N-dealkylation sites (tertiary alicyclic amines) is 1. The molecule has 8 nitrogen and oxygen atoms in total. The maximum Gasteiger partial charge on any atom is 0.224 e. The Labute approximate surface area is 194 Å². The first kappa shape index (κ1) is 21.6. The zero-order chi connectivity index (χ0) is 22.8. The quantitative estimate of drug-likeness (QED) is 0.700. The summed E-state index contributed by atoms with van der Waals surface area (Å²) in [6, 6.07) is 6.20. The van der Waals surface area contributed by atoms with Crippen LogP contribution < -0.4 is 4.74 Å². The highest BCUT2D eigenvalue weighted by Gasteiger charge is 2.34. The molecule has 1 atom stereocenters. The fraction of sp³-hybridized carbons (Fsp3) is 0.480. The number of amides is 1. The number of aryl methyl sites for hydroxylation is 1. The van der Waals surface area contributed by atoms with Gasteiger partial charge in [-0.15, -0.1) is 0 Å². The molecule has 1 amide bonds. The molecule has 8 heteroatoms. The molecular weight excluding hydrogens is 418 g/mol. The number of hydrogen-bond acceptors (Lipinski definition) is 6. The number of oxime groups is 1. The summed E-state index contributed by atoms with van der Waals surface area (Å²) in [5.41, 5.74) is 4.08. The van der Waals surface area contributed by atoms with E-state index in [1.807, 2.05) is 34.7 Å². The SMILES string of the molecule is COc1cc(/C=C2\CCCN3C2=NOC[C@@H]3CC(=O)N2CCCC2)ccc1-n1cnc(C)c1. The van der Waals surface area contributed by atoms with Crippen molar-refractivity contribution in [2.24, 2.45) is 5.16 Å². The number of ether oxygens (including phenoxy) is 1. The molecule has 0 saturated carbocycles. The summed E-state index contributed by atoms with van der Waals surface area (Å²) < 4.78 is 7.64. The summed E-state index contributed by atoms with van der Waals surface area (Å²) in [7, 11) is 1.68. The number of methoxy groups -OCH3 is 1. The van der Waals surface area contributed by atoms with E-state index in [9.17, 15) is 4.79 Å². The second kappa shape index (κ2) is 9.29. The van der Waals surface area contributed by atoms with Gasteiger partial charge in [0.05, 0.1) is 37.3 Å². The predicted molar refractivity (Wildman–Crippen MR) is 126 cm³/mol.